The lowest BCUT2D eigenvalue weighted by atomic mass is 9.99. The zero-order valence-electron chi connectivity index (χ0n) is 28.7. The fourth-order valence-corrected chi connectivity index (χ4v) is 7.64. The number of carbonyl (C=O) groups is 1. The highest BCUT2D eigenvalue weighted by molar-refractivity contribution is 6.09. The van der Waals surface area contributed by atoms with Crippen molar-refractivity contribution < 1.29 is 28.2 Å². The number of piperazine rings is 1. The smallest absolute Gasteiger partial charge is 0.265 e. The molecule has 1 aliphatic carbocycles. The zero-order valence-corrected chi connectivity index (χ0v) is 28.7. The predicted octanol–water partition coefficient (Wildman–Crippen LogP) is 5.14. The molecule has 0 unspecified atom stereocenters. The van der Waals surface area contributed by atoms with Crippen LogP contribution in [0.3, 0.4) is 0 Å². The Morgan fingerprint density at radius 3 is 2.50 bits per heavy atom. The lowest BCUT2D eigenvalue weighted by Crippen LogP contribution is -2.49. The Kier molecular flexibility index (Phi) is 8.66. The predicted molar refractivity (Wildman–Crippen MR) is 190 cm³/mol. The summed E-state index contributed by atoms with van der Waals surface area (Å²) < 4.78 is 42.2. The first kappa shape index (κ1) is 33.0. The van der Waals surface area contributed by atoms with E-state index in [-0.39, 0.29) is 41.6 Å². The van der Waals surface area contributed by atoms with Crippen LogP contribution in [0, 0.1) is 17.6 Å². The largest absolute Gasteiger partial charge is 0.491 e. The van der Waals surface area contributed by atoms with Crippen molar-refractivity contribution in [3.05, 3.63) is 88.9 Å². The zero-order chi connectivity index (χ0) is 35.3. The lowest BCUT2D eigenvalue weighted by molar-refractivity contribution is -0.0513. The first-order valence-corrected chi connectivity index (χ1v) is 17.9. The Morgan fingerprint density at radius 1 is 0.942 bits per heavy atom. The summed E-state index contributed by atoms with van der Waals surface area (Å²) in [5, 5.41) is 11.3. The standard InChI is InChI=1S/C39H39F2N7O4/c40-27-13-28(30(19-49)34(14-27)48-9-10-52-35-12-26(25-2-3-25)11-31(41)36(35)39(48)50)37-29-15-33(45-38(29)44-22-43-37)32-4-1-23(16-42-32)17-46-5-7-47(8-6-46)18-24-20-51-21-24/h1,4,11-16,22,24-25,49H,2-3,5-10,17-21H2,(H,43,44,45). The molecule has 3 fully saturated rings. The average Bonchev–Trinajstić information content (AvgIpc) is 3.92. The van der Waals surface area contributed by atoms with Gasteiger partial charge in [0.2, 0.25) is 0 Å². The van der Waals surface area contributed by atoms with E-state index in [1.807, 2.05) is 18.3 Å². The number of pyridine rings is 1. The number of rotatable bonds is 9. The SMILES string of the molecule is O=C1c2c(F)cc(C3CC3)cc2OCCN1c1cc(F)cc(-c2ncnc3[nH]c(-c4ccc(CN5CCN(CC6COC6)CC5)cn4)cc23)c1CO. The van der Waals surface area contributed by atoms with Crippen LogP contribution in [0.2, 0.25) is 0 Å². The van der Waals surface area contributed by atoms with Gasteiger partial charge in [-0.2, -0.15) is 0 Å². The number of nitrogens with zero attached hydrogens (tertiary/aromatic N) is 6. The van der Waals surface area contributed by atoms with Gasteiger partial charge in [0.25, 0.3) is 5.91 Å². The van der Waals surface area contributed by atoms with Gasteiger partial charge in [0.05, 0.1) is 49.1 Å². The van der Waals surface area contributed by atoms with E-state index >= 15 is 8.78 Å². The molecule has 13 heteroatoms. The van der Waals surface area contributed by atoms with Crippen molar-refractivity contribution >= 4 is 22.6 Å². The molecule has 2 N–H and O–H groups in total. The highest BCUT2D eigenvalue weighted by Crippen LogP contribution is 2.44. The third-order valence-electron chi connectivity index (χ3n) is 10.7. The maximum Gasteiger partial charge on any atom is 0.265 e. The molecule has 2 aromatic carbocycles. The van der Waals surface area contributed by atoms with Crippen molar-refractivity contribution in [2.45, 2.75) is 31.9 Å². The van der Waals surface area contributed by atoms with Crippen LogP contribution in [0.1, 0.15) is 45.8 Å². The second-order valence-corrected chi connectivity index (χ2v) is 14.3. The van der Waals surface area contributed by atoms with E-state index in [1.165, 1.54) is 29.4 Å². The Hall–Kier alpha value is -4.82. The fraction of sp³-hybridized carbons (Fsp3) is 0.385. The minimum absolute atomic E-state index is 0.0310. The van der Waals surface area contributed by atoms with Crippen molar-refractivity contribution in [1.29, 1.82) is 0 Å². The van der Waals surface area contributed by atoms with Crippen LogP contribution in [0.25, 0.3) is 33.7 Å². The number of aromatic amines is 1. The summed E-state index contributed by atoms with van der Waals surface area (Å²) in [6.45, 7) is 7.43. The highest BCUT2D eigenvalue weighted by Gasteiger charge is 2.34. The van der Waals surface area contributed by atoms with Gasteiger partial charge in [0.15, 0.2) is 0 Å². The number of hydrogen-bond acceptors (Lipinski definition) is 9. The van der Waals surface area contributed by atoms with E-state index in [4.69, 9.17) is 14.5 Å². The molecule has 0 bridgehead atoms. The molecule has 1 saturated carbocycles. The molecule has 5 aromatic rings. The number of nitrogens with one attached hydrogen (secondary N) is 1. The Labute approximate surface area is 299 Å². The summed E-state index contributed by atoms with van der Waals surface area (Å²) in [5.74, 6) is -0.844. The quantitative estimate of drug-likeness (QED) is 0.215. The van der Waals surface area contributed by atoms with E-state index in [2.05, 4.69) is 30.8 Å². The van der Waals surface area contributed by atoms with Crippen LogP contribution < -0.4 is 9.64 Å². The second kappa shape index (κ2) is 13.6. The molecule has 0 atom stereocenters. The number of H-pyrrole nitrogens is 1. The van der Waals surface area contributed by atoms with Crippen LogP contribution in [-0.2, 0) is 17.9 Å². The second-order valence-electron chi connectivity index (χ2n) is 14.3. The fourth-order valence-electron chi connectivity index (χ4n) is 7.64. The summed E-state index contributed by atoms with van der Waals surface area (Å²) in [7, 11) is 0. The summed E-state index contributed by atoms with van der Waals surface area (Å²) in [5.41, 5.74) is 4.72. The van der Waals surface area contributed by atoms with Crippen LogP contribution >= 0.6 is 0 Å². The molecule has 0 radical (unpaired) electrons. The minimum Gasteiger partial charge on any atom is -0.491 e. The summed E-state index contributed by atoms with van der Waals surface area (Å²) in [6.07, 6.45) is 5.21. The van der Waals surface area contributed by atoms with Gasteiger partial charge in [-0.3, -0.25) is 14.7 Å². The number of anilines is 1. The molecule has 0 spiro atoms. The molecule has 1 amide bonds. The maximum absolute atomic E-state index is 15.5. The van der Waals surface area contributed by atoms with Gasteiger partial charge in [-0.1, -0.05) is 6.07 Å². The Bertz CT molecular complexity index is 2140. The molecule has 9 rings (SSSR count). The molecule has 11 nitrogen and oxygen atoms in total. The van der Waals surface area contributed by atoms with Crippen molar-refractivity contribution in [1.82, 2.24) is 29.7 Å². The average molecular weight is 708 g/mol. The lowest BCUT2D eigenvalue weighted by Gasteiger charge is -2.38. The molecular formula is C39H39F2N7O4. The van der Waals surface area contributed by atoms with Crippen molar-refractivity contribution in [2.75, 3.05) is 64.0 Å². The van der Waals surface area contributed by atoms with Crippen LogP contribution in [0.5, 0.6) is 5.75 Å². The van der Waals surface area contributed by atoms with Crippen LogP contribution in [-0.4, -0.2) is 99.8 Å². The third-order valence-corrected chi connectivity index (χ3v) is 10.7. The van der Waals surface area contributed by atoms with Gasteiger partial charge in [0.1, 0.15) is 41.5 Å². The topological polar surface area (TPSA) is 120 Å². The van der Waals surface area contributed by atoms with Gasteiger partial charge in [-0.05, 0) is 66.3 Å². The van der Waals surface area contributed by atoms with Gasteiger partial charge in [-0.15, -0.1) is 0 Å². The number of ether oxygens (including phenoxy) is 2. The molecule has 4 aliphatic rings. The van der Waals surface area contributed by atoms with Gasteiger partial charge in [-0.25, -0.2) is 18.7 Å². The Balaban J connectivity index is 0.979. The number of halogens is 2. The van der Waals surface area contributed by atoms with E-state index in [0.29, 0.717) is 39.6 Å². The van der Waals surface area contributed by atoms with Crippen LogP contribution in [0.4, 0.5) is 14.5 Å². The number of hydrogen-bond donors (Lipinski definition) is 2. The number of fused-ring (bicyclic) bond motifs is 2. The number of benzene rings is 2. The maximum atomic E-state index is 15.5. The van der Waals surface area contributed by atoms with Crippen molar-refractivity contribution in [3.8, 4) is 28.4 Å². The normalized spacial score (nSPS) is 18.7. The summed E-state index contributed by atoms with van der Waals surface area (Å²) in [4.78, 5) is 37.2. The molecule has 3 aliphatic heterocycles. The van der Waals surface area contributed by atoms with Gasteiger partial charge < -0.3 is 29.4 Å². The van der Waals surface area contributed by atoms with Gasteiger partial charge >= 0.3 is 0 Å². The third kappa shape index (κ3) is 6.31. The molecule has 268 valence electrons. The molecule has 2 saturated heterocycles. The number of aromatic nitrogens is 4. The van der Waals surface area contributed by atoms with Crippen LogP contribution in [0.15, 0.2) is 55.0 Å². The monoisotopic (exact) mass is 707 g/mol. The number of amides is 1. The van der Waals surface area contributed by atoms with Crippen molar-refractivity contribution in [3.63, 3.8) is 0 Å². The van der Waals surface area contributed by atoms with Gasteiger partial charge in [0, 0.05) is 67.9 Å². The summed E-state index contributed by atoms with van der Waals surface area (Å²) in [6, 6.07) is 11.5. The van der Waals surface area contributed by atoms with E-state index < -0.39 is 24.1 Å². The molecular weight excluding hydrogens is 668 g/mol. The highest BCUT2D eigenvalue weighted by atomic mass is 19.1. The number of carbonyl (C=O) groups excluding carboxylic acids is 1. The molecule has 3 aromatic heterocycles. The summed E-state index contributed by atoms with van der Waals surface area (Å²) >= 11 is 0. The number of aliphatic hydroxyl groups is 1. The molecule has 52 heavy (non-hydrogen) atoms. The Morgan fingerprint density at radius 2 is 1.77 bits per heavy atom. The van der Waals surface area contributed by atoms with E-state index in [0.717, 1.165) is 76.5 Å². The number of aliphatic hydroxyl groups excluding tert-OH is 1. The first-order valence-electron chi connectivity index (χ1n) is 17.9. The minimum atomic E-state index is -0.675. The molecule has 6 heterocycles. The van der Waals surface area contributed by atoms with Crippen molar-refractivity contribution in [2.24, 2.45) is 5.92 Å². The van der Waals surface area contributed by atoms with E-state index in [1.54, 1.807) is 6.07 Å². The first-order chi connectivity index (χ1) is 25.4. The van der Waals surface area contributed by atoms with E-state index in [9.17, 15) is 9.90 Å².